The summed E-state index contributed by atoms with van der Waals surface area (Å²) >= 11 is 4.16. The predicted octanol–water partition coefficient (Wildman–Crippen LogP) is 0.982. The third-order valence-electron chi connectivity index (χ3n) is 2.77. The number of hydrogen-bond acceptors (Lipinski definition) is 5. The number of carboxylic acid groups (broad SMARTS) is 1. The molecule has 0 fully saturated rings. The Bertz CT molecular complexity index is 644. The maximum absolute atomic E-state index is 12.0. The summed E-state index contributed by atoms with van der Waals surface area (Å²) in [7, 11) is -3.34. The van der Waals surface area contributed by atoms with Crippen molar-refractivity contribution in [1.82, 2.24) is 5.32 Å². The Balaban J connectivity index is 2.97. The first kappa shape index (κ1) is 17.5. The van der Waals surface area contributed by atoms with Gasteiger partial charge in [-0.3, -0.25) is 4.79 Å². The van der Waals surface area contributed by atoms with E-state index in [2.05, 4.69) is 17.9 Å². The molecule has 0 aromatic heterocycles. The summed E-state index contributed by atoms with van der Waals surface area (Å²) < 4.78 is 21.7. The van der Waals surface area contributed by atoms with E-state index in [-0.39, 0.29) is 10.5 Å². The van der Waals surface area contributed by atoms with Gasteiger partial charge >= 0.3 is 5.97 Å². The molecule has 8 heteroatoms. The van der Waals surface area contributed by atoms with Gasteiger partial charge in [-0.2, -0.15) is 12.6 Å². The molecule has 1 rings (SSSR count). The van der Waals surface area contributed by atoms with Crippen LogP contribution in [0.2, 0.25) is 0 Å². The maximum atomic E-state index is 12.0. The van der Waals surface area contributed by atoms with E-state index in [1.807, 2.05) is 0 Å². The zero-order valence-corrected chi connectivity index (χ0v) is 13.5. The summed E-state index contributed by atoms with van der Waals surface area (Å²) in [6.07, 6.45) is 1.06. The molecule has 6 nitrogen and oxygen atoms in total. The molecule has 0 aliphatic heterocycles. The standard InChI is InChI=1S/C13H17NO5S2/c1-13(2,20)10(12(16)17)14-11(15)8-4-6-9(7-5-8)21(3,18)19/h4-7,10,20H,1-3H3,(H,14,15)(H,16,17). The molecule has 0 heterocycles. The second-order valence-corrected chi connectivity index (χ2v) is 8.36. The number of amides is 1. The van der Waals surface area contributed by atoms with E-state index < -0.39 is 32.5 Å². The third-order valence-corrected chi connectivity index (χ3v) is 4.16. The van der Waals surface area contributed by atoms with Crippen LogP contribution in [-0.4, -0.2) is 42.4 Å². The third kappa shape index (κ3) is 4.75. The molecule has 2 N–H and O–H groups in total. The Morgan fingerprint density at radius 1 is 1.24 bits per heavy atom. The van der Waals surface area contributed by atoms with Crippen molar-refractivity contribution in [2.75, 3.05) is 6.26 Å². The molecule has 116 valence electrons. The topological polar surface area (TPSA) is 101 Å². The molecule has 21 heavy (non-hydrogen) atoms. The highest BCUT2D eigenvalue weighted by atomic mass is 32.2. The number of sulfone groups is 1. The Hall–Kier alpha value is -1.54. The van der Waals surface area contributed by atoms with Gasteiger partial charge in [-0.15, -0.1) is 0 Å². The maximum Gasteiger partial charge on any atom is 0.327 e. The van der Waals surface area contributed by atoms with Crippen LogP contribution in [0.1, 0.15) is 24.2 Å². The second kappa shape index (κ2) is 6.07. The van der Waals surface area contributed by atoms with Crippen molar-refractivity contribution in [3.63, 3.8) is 0 Å². The van der Waals surface area contributed by atoms with Crippen LogP contribution >= 0.6 is 12.6 Å². The molecule has 1 amide bonds. The second-order valence-electron chi connectivity index (χ2n) is 5.19. The van der Waals surface area contributed by atoms with E-state index in [4.69, 9.17) is 5.11 Å². The minimum atomic E-state index is -3.34. The fourth-order valence-corrected chi connectivity index (χ4v) is 2.41. The molecule has 0 saturated heterocycles. The van der Waals surface area contributed by atoms with Gasteiger partial charge < -0.3 is 10.4 Å². The van der Waals surface area contributed by atoms with Crippen molar-refractivity contribution in [3.8, 4) is 0 Å². The van der Waals surface area contributed by atoms with Crippen LogP contribution in [0, 0.1) is 0 Å². The molecule has 1 aromatic carbocycles. The molecular formula is C13H17NO5S2. The Kier molecular flexibility index (Phi) is 5.06. The number of hydrogen-bond donors (Lipinski definition) is 3. The summed E-state index contributed by atoms with van der Waals surface area (Å²) in [5.41, 5.74) is 0.172. The van der Waals surface area contributed by atoms with Gasteiger partial charge in [0, 0.05) is 16.6 Å². The number of aliphatic carboxylic acids is 1. The molecular weight excluding hydrogens is 314 g/mol. The lowest BCUT2D eigenvalue weighted by atomic mass is 10.0. The SMILES string of the molecule is CC(C)(S)C(NC(=O)c1ccc(S(C)(=O)=O)cc1)C(=O)O. The summed E-state index contributed by atoms with van der Waals surface area (Å²) in [5.74, 6) is -1.80. The number of benzene rings is 1. The minimum absolute atomic E-state index is 0.0864. The highest BCUT2D eigenvalue weighted by molar-refractivity contribution is 7.90. The van der Waals surface area contributed by atoms with Gasteiger partial charge in [-0.25, -0.2) is 13.2 Å². The first-order chi connectivity index (χ1) is 9.43. The highest BCUT2D eigenvalue weighted by Crippen LogP contribution is 2.18. The van der Waals surface area contributed by atoms with Crippen molar-refractivity contribution in [3.05, 3.63) is 29.8 Å². The average Bonchev–Trinajstić information content (AvgIpc) is 2.33. The van der Waals surface area contributed by atoms with E-state index in [1.165, 1.54) is 24.3 Å². The van der Waals surface area contributed by atoms with E-state index in [0.29, 0.717) is 0 Å². The van der Waals surface area contributed by atoms with E-state index in [1.54, 1.807) is 13.8 Å². The van der Waals surface area contributed by atoms with Crippen LogP contribution in [0.5, 0.6) is 0 Å². The molecule has 1 unspecified atom stereocenters. The lowest BCUT2D eigenvalue weighted by molar-refractivity contribution is -0.139. The minimum Gasteiger partial charge on any atom is -0.480 e. The lowest BCUT2D eigenvalue weighted by Crippen LogP contribution is -2.51. The smallest absolute Gasteiger partial charge is 0.327 e. The summed E-state index contributed by atoms with van der Waals surface area (Å²) in [4.78, 5) is 23.3. The van der Waals surface area contributed by atoms with Gasteiger partial charge in [0.15, 0.2) is 9.84 Å². The normalized spacial score (nSPS) is 13.5. The summed E-state index contributed by atoms with van der Waals surface area (Å²) in [6, 6.07) is 4.08. The monoisotopic (exact) mass is 331 g/mol. The van der Waals surface area contributed by atoms with Crippen LogP contribution < -0.4 is 5.32 Å². The van der Waals surface area contributed by atoms with Crippen molar-refractivity contribution >= 4 is 34.3 Å². The van der Waals surface area contributed by atoms with Crippen LogP contribution in [0.3, 0.4) is 0 Å². The van der Waals surface area contributed by atoms with E-state index in [9.17, 15) is 18.0 Å². The molecule has 0 spiro atoms. The van der Waals surface area contributed by atoms with Gasteiger partial charge in [-0.1, -0.05) is 0 Å². The largest absolute Gasteiger partial charge is 0.480 e. The predicted molar refractivity (Wildman–Crippen MR) is 81.5 cm³/mol. The van der Waals surface area contributed by atoms with Gasteiger partial charge in [0.25, 0.3) is 5.91 Å². The lowest BCUT2D eigenvalue weighted by Gasteiger charge is -2.26. The number of carboxylic acids is 1. The zero-order valence-electron chi connectivity index (χ0n) is 11.8. The van der Waals surface area contributed by atoms with E-state index >= 15 is 0 Å². The first-order valence-electron chi connectivity index (χ1n) is 5.99. The van der Waals surface area contributed by atoms with Gasteiger partial charge in [0.2, 0.25) is 0 Å². The number of carbonyl (C=O) groups is 2. The number of thiol groups is 1. The summed E-state index contributed by atoms with van der Waals surface area (Å²) in [5, 5.41) is 11.5. The van der Waals surface area contributed by atoms with Crippen LogP contribution in [0.4, 0.5) is 0 Å². The number of rotatable bonds is 5. The van der Waals surface area contributed by atoms with Crippen LogP contribution in [0.25, 0.3) is 0 Å². The van der Waals surface area contributed by atoms with Crippen molar-refractivity contribution < 1.29 is 23.1 Å². The number of nitrogens with one attached hydrogen (secondary N) is 1. The molecule has 0 aliphatic rings. The Morgan fingerprint density at radius 3 is 2.05 bits per heavy atom. The fraction of sp³-hybridized carbons (Fsp3) is 0.385. The first-order valence-corrected chi connectivity index (χ1v) is 8.33. The van der Waals surface area contributed by atoms with Gasteiger partial charge in [0.1, 0.15) is 6.04 Å². The number of carbonyl (C=O) groups excluding carboxylic acids is 1. The van der Waals surface area contributed by atoms with Gasteiger partial charge in [-0.05, 0) is 38.1 Å². The van der Waals surface area contributed by atoms with Crippen LogP contribution in [-0.2, 0) is 14.6 Å². The zero-order chi connectivity index (χ0) is 16.4. The Morgan fingerprint density at radius 2 is 1.71 bits per heavy atom. The summed E-state index contributed by atoms with van der Waals surface area (Å²) in [6.45, 7) is 3.14. The molecule has 0 radical (unpaired) electrons. The van der Waals surface area contributed by atoms with Crippen molar-refractivity contribution in [1.29, 1.82) is 0 Å². The average molecular weight is 331 g/mol. The molecule has 0 bridgehead atoms. The van der Waals surface area contributed by atoms with Gasteiger partial charge in [0.05, 0.1) is 4.90 Å². The molecule has 0 aliphatic carbocycles. The van der Waals surface area contributed by atoms with Crippen molar-refractivity contribution in [2.24, 2.45) is 0 Å². The van der Waals surface area contributed by atoms with Crippen LogP contribution in [0.15, 0.2) is 29.2 Å². The molecule has 1 atom stereocenters. The van der Waals surface area contributed by atoms with Crippen molar-refractivity contribution in [2.45, 2.75) is 29.5 Å². The quantitative estimate of drug-likeness (QED) is 0.698. The molecule has 0 saturated carbocycles. The fourth-order valence-electron chi connectivity index (χ4n) is 1.61. The highest BCUT2D eigenvalue weighted by Gasteiger charge is 2.33. The van der Waals surface area contributed by atoms with E-state index in [0.717, 1.165) is 6.26 Å². The molecule has 1 aromatic rings. The Labute approximate surface area is 128 Å².